The van der Waals surface area contributed by atoms with Crippen LogP contribution in [0.5, 0.6) is 5.88 Å². The second kappa shape index (κ2) is 8.50. The van der Waals surface area contributed by atoms with Crippen LogP contribution in [0.25, 0.3) is 22.6 Å². The lowest BCUT2D eigenvalue weighted by molar-refractivity contribution is 0.151. The molecule has 0 saturated heterocycles. The van der Waals surface area contributed by atoms with Crippen LogP contribution in [0.1, 0.15) is 29.1 Å². The Labute approximate surface area is 181 Å². The highest BCUT2D eigenvalue weighted by molar-refractivity contribution is 5.64. The van der Waals surface area contributed by atoms with Gasteiger partial charge in [-0.15, -0.1) is 15.3 Å². The molecular weight excluding hydrogens is 418 g/mol. The highest BCUT2D eigenvalue weighted by Gasteiger charge is 2.17. The molecular formula is C21H18F2N8O. The van der Waals surface area contributed by atoms with Gasteiger partial charge in [0.1, 0.15) is 29.8 Å². The van der Waals surface area contributed by atoms with Gasteiger partial charge in [-0.05, 0) is 31.2 Å². The first-order valence-electron chi connectivity index (χ1n) is 9.55. The predicted molar refractivity (Wildman–Crippen MR) is 109 cm³/mol. The minimum Gasteiger partial charge on any atom is -0.470 e. The summed E-state index contributed by atoms with van der Waals surface area (Å²) in [5.74, 6) is 0.288. The monoisotopic (exact) mass is 436 g/mol. The summed E-state index contributed by atoms with van der Waals surface area (Å²) < 4.78 is 34.6. The lowest BCUT2D eigenvalue weighted by Crippen LogP contribution is -2.06. The second-order valence-corrected chi connectivity index (χ2v) is 7.03. The van der Waals surface area contributed by atoms with Gasteiger partial charge in [-0.1, -0.05) is 5.21 Å². The highest BCUT2D eigenvalue weighted by Crippen LogP contribution is 2.26. The Kier molecular flexibility index (Phi) is 5.59. The summed E-state index contributed by atoms with van der Waals surface area (Å²) in [5.41, 5.74) is 4.16. The van der Waals surface area contributed by atoms with Crippen molar-refractivity contribution in [2.24, 2.45) is 14.1 Å². The Morgan fingerprint density at radius 1 is 1.09 bits per heavy atom. The fraction of sp³-hybridized carbons (Fsp3) is 0.238. The summed E-state index contributed by atoms with van der Waals surface area (Å²) in [4.78, 5) is 4.06. The zero-order valence-corrected chi connectivity index (χ0v) is 17.5. The molecule has 0 aromatic carbocycles. The Hall–Kier alpha value is -4.20. The van der Waals surface area contributed by atoms with Gasteiger partial charge in [-0.25, -0.2) is 13.5 Å². The predicted octanol–water partition coefficient (Wildman–Crippen LogP) is 3.37. The molecule has 0 aliphatic heterocycles. The van der Waals surface area contributed by atoms with E-state index in [4.69, 9.17) is 4.74 Å². The van der Waals surface area contributed by atoms with Crippen molar-refractivity contribution in [2.75, 3.05) is 0 Å². The molecule has 32 heavy (non-hydrogen) atoms. The molecule has 162 valence electrons. The molecule has 0 N–H and O–H groups in total. The van der Waals surface area contributed by atoms with E-state index in [0.29, 0.717) is 28.5 Å². The maximum absolute atomic E-state index is 12.8. The van der Waals surface area contributed by atoms with Crippen LogP contribution in [0, 0.1) is 18.3 Å². The summed E-state index contributed by atoms with van der Waals surface area (Å²) >= 11 is 0. The zero-order valence-electron chi connectivity index (χ0n) is 17.5. The van der Waals surface area contributed by atoms with Gasteiger partial charge >= 0.3 is 0 Å². The van der Waals surface area contributed by atoms with Crippen LogP contribution < -0.4 is 4.74 Å². The third-order valence-electron chi connectivity index (χ3n) is 5.15. The molecule has 0 aliphatic carbocycles. The van der Waals surface area contributed by atoms with Crippen molar-refractivity contribution in [3.63, 3.8) is 0 Å². The molecule has 4 aromatic rings. The molecule has 0 bridgehead atoms. The zero-order chi connectivity index (χ0) is 22.8. The van der Waals surface area contributed by atoms with Crippen molar-refractivity contribution in [2.45, 2.75) is 20.0 Å². The summed E-state index contributed by atoms with van der Waals surface area (Å²) in [5, 5.41) is 25.6. The van der Waals surface area contributed by atoms with Crippen LogP contribution >= 0.6 is 0 Å². The number of hydrogen-bond acceptors (Lipinski definition) is 7. The van der Waals surface area contributed by atoms with E-state index < -0.39 is 6.43 Å². The van der Waals surface area contributed by atoms with Crippen LogP contribution in [-0.4, -0.2) is 34.7 Å². The lowest BCUT2D eigenvalue weighted by atomic mass is 10.2. The minimum atomic E-state index is -2.59. The van der Waals surface area contributed by atoms with Gasteiger partial charge in [0.25, 0.3) is 6.43 Å². The number of nitrogens with zero attached hydrogens (tertiary/aromatic N) is 8. The van der Waals surface area contributed by atoms with E-state index in [2.05, 4.69) is 31.6 Å². The number of hydrogen-bond donors (Lipinski definition) is 0. The number of aryl methyl sites for hydroxylation is 1. The SMILES string of the molecule is Cc1c(-c2ccc(OCc3c(-c4ccc(C(F)F)cn4)nnn3C)nn2)cc(C#N)n1C. The first-order chi connectivity index (χ1) is 15.4. The molecule has 0 atom stereocenters. The third kappa shape index (κ3) is 3.90. The fourth-order valence-electron chi connectivity index (χ4n) is 3.16. The van der Waals surface area contributed by atoms with E-state index in [1.54, 1.807) is 29.8 Å². The largest absolute Gasteiger partial charge is 0.470 e. The van der Waals surface area contributed by atoms with Crippen molar-refractivity contribution >= 4 is 0 Å². The quantitative estimate of drug-likeness (QED) is 0.456. The smallest absolute Gasteiger partial charge is 0.265 e. The number of pyridine rings is 1. The number of alkyl halides is 2. The molecule has 11 heteroatoms. The molecule has 0 aliphatic rings. The molecule has 0 radical (unpaired) electrons. The van der Waals surface area contributed by atoms with Gasteiger partial charge in [0, 0.05) is 43.2 Å². The Morgan fingerprint density at radius 3 is 2.47 bits per heavy atom. The van der Waals surface area contributed by atoms with Crippen LogP contribution in [0.4, 0.5) is 8.78 Å². The van der Waals surface area contributed by atoms with Gasteiger partial charge in [0.2, 0.25) is 5.88 Å². The second-order valence-electron chi connectivity index (χ2n) is 7.03. The highest BCUT2D eigenvalue weighted by atomic mass is 19.3. The molecule has 0 amide bonds. The van der Waals surface area contributed by atoms with Crippen molar-refractivity contribution in [1.29, 1.82) is 5.26 Å². The standard InChI is InChI=1S/C21H18F2N8O/c1-12-15(8-14(9-24)30(12)2)16-6-7-19(27-26-16)32-11-18-20(28-29-31(18)3)17-5-4-13(10-25-17)21(22)23/h4-8,10,21H,11H2,1-3H3. The number of ether oxygens (including phenoxy) is 1. The van der Waals surface area contributed by atoms with E-state index in [1.165, 1.54) is 16.8 Å². The number of halogens is 2. The Bertz CT molecular complexity index is 1290. The average Bonchev–Trinajstić information content (AvgIpc) is 3.32. The number of nitriles is 1. The summed E-state index contributed by atoms with van der Waals surface area (Å²) in [7, 11) is 3.51. The summed E-state index contributed by atoms with van der Waals surface area (Å²) in [6, 6.07) is 10.1. The van der Waals surface area contributed by atoms with Crippen LogP contribution in [0.15, 0.2) is 36.5 Å². The van der Waals surface area contributed by atoms with Gasteiger partial charge in [0.15, 0.2) is 0 Å². The first-order valence-corrected chi connectivity index (χ1v) is 9.55. The Balaban J connectivity index is 1.51. The van der Waals surface area contributed by atoms with Crippen molar-refractivity contribution in [3.05, 3.63) is 59.2 Å². The van der Waals surface area contributed by atoms with Crippen molar-refractivity contribution in [3.8, 4) is 34.6 Å². The molecule has 4 aromatic heterocycles. The van der Waals surface area contributed by atoms with Crippen LogP contribution in [-0.2, 0) is 20.7 Å². The van der Waals surface area contributed by atoms with Crippen LogP contribution in [0.3, 0.4) is 0 Å². The maximum Gasteiger partial charge on any atom is 0.265 e. The number of rotatable bonds is 6. The molecule has 0 spiro atoms. The van der Waals surface area contributed by atoms with E-state index in [9.17, 15) is 14.0 Å². The van der Waals surface area contributed by atoms with Gasteiger partial charge < -0.3 is 9.30 Å². The summed E-state index contributed by atoms with van der Waals surface area (Å²) in [6.07, 6.45) is -1.47. The fourth-order valence-corrected chi connectivity index (χ4v) is 3.16. The van der Waals surface area contributed by atoms with Crippen LogP contribution in [0.2, 0.25) is 0 Å². The summed E-state index contributed by atoms with van der Waals surface area (Å²) in [6.45, 7) is 1.98. The Morgan fingerprint density at radius 2 is 1.88 bits per heavy atom. The third-order valence-corrected chi connectivity index (χ3v) is 5.15. The van der Waals surface area contributed by atoms with E-state index in [-0.39, 0.29) is 18.1 Å². The molecule has 4 heterocycles. The molecule has 9 nitrogen and oxygen atoms in total. The molecule has 0 fully saturated rings. The van der Waals surface area contributed by atoms with Gasteiger partial charge in [-0.2, -0.15) is 5.26 Å². The maximum atomic E-state index is 12.8. The van der Waals surface area contributed by atoms with Crippen molar-refractivity contribution in [1.82, 2.24) is 34.7 Å². The molecule has 0 saturated carbocycles. The topological polar surface area (TPSA) is 107 Å². The van der Waals surface area contributed by atoms with Gasteiger partial charge in [0.05, 0.1) is 11.4 Å². The average molecular weight is 436 g/mol. The van der Waals surface area contributed by atoms with E-state index >= 15 is 0 Å². The van der Waals surface area contributed by atoms with E-state index in [0.717, 1.165) is 17.5 Å². The van der Waals surface area contributed by atoms with Crippen molar-refractivity contribution < 1.29 is 13.5 Å². The molecule has 0 unspecified atom stereocenters. The number of aromatic nitrogens is 7. The minimum absolute atomic E-state index is 0.0775. The molecule has 4 rings (SSSR count). The first kappa shape index (κ1) is 21.0. The van der Waals surface area contributed by atoms with Gasteiger partial charge in [-0.3, -0.25) is 4.98 Å². The lowest BCUT2D eigenvalue weighted by Gasteiger charge is -2.08. The normalized spacial score (nSPS) is 11.0. The van der Waals surface area contributed by atoms with E-state index in [1.807, 2.05) is 14.0 Å².